The van der Waals surface area contributed by atoms with E-state index >= 15 is 0 Å². The van der Waals surface area contributed by atoms with Crippen molar-refractivity contribution in [1.82, 2.24) is 9.80 Å². The highest BCUT2D eigenvalue weighted by molar-refractivity contribution is 5.93. The zero-order valence-corrected chi connectivity index (χ0v) is 16.1. The molecule has 0 saturated carbocycles. The minimum atomic E-state index is 0.0138. The van der Waals surface area contributed by atoms with Gasteiger partial charge in [-0.15, -0.1) is 0 Å². The van der Waals surface area contributed by atoms with Crippen LogP contribution in [-0.4, -0.2) is 61.6 Å². The summed E-state index contributed by atoms with van der Waals surface area (Å²) < 4.78 is 5.57. The standard InChI is InChI=1S/C22H29N3O2/c1-2-27-21-11-7-6-10-20(21)23-22(26)18-25-16-14-24(15-17-25)13-12-19-8-4-3-5-9-19/h3-11H,2,12-18H2,1H3,(H,23,26). The van der Waals surface area contributed by atoms with E-state index in [0.29, 0.717) is 13.2 Å². The second-order valence-electron chi connectivity index (χ2n) is 6.83. The monoisotopic (exact) mass is 367 g/mol. The molecular weight excluding hydrogens is 338 g/mol. The number of ether oxygens (including phenoxy) is 1. The van der Waals surface area contributed by atoms with Crippen molar-refractivity contribution < 1.29 is 9.53 Å². The van der Waals surface area contributed by atoms with Gasteiger partial charge in [0.1, 0.15) is 5.75 Å². The van der Waals surface area contributed by atoms with E-state index in [9.17, 15) is 4.79 Å². The van der Waals surface area contributed by atoms with Crippen LogP contribution >= 0.6 is 0 Å². The molecule has 5 nitrogen and oxygen atoms in total. The summed E-state index contributed by atoms with van der Waals surface area (Å²) in [4.78, 5) is 17.1. The lowest BCUT2D eigenvalue weighted by atomic mass is 10.1. The van der Waals surface area contributed by atoms with Gasteiger partial charge in [0, 0.05) is 32.7 Å². The number of hydrogen-bond donors (Lipinski definition) is 1. The van der Waals surface area contributed by atoms with Gasteiger partial charge in [0.2, 0.25) is 5.91 Å². The van der Waals surface area contributed by atoms with Crippen molar-refractivity contribution in [2.45, 2.75) is 13.3 Å². The normalized spacial score (nSPS) is 15.4. The number of nitrogens with zero attached hydrogens (tertiary/aromatic N) is 2. The highest BCUT2D eigenvalue weighted by Gasteiger charge is 2.19. The zero-order valence-electron chi connectivity index (χ0n) is 16.1. The number of carbonyl (C=O) groups excluding carboxylic acids is 1. The second kappa shape index (κ2) is 10.1. The molecule has 2 aromatic rings. The third-order valence-electron chi connectivity index (χ3n) is 4.85. The summed E-state index contributed by atoms with van der Waals surface area (Å²) in [5.41, 5.74) is 2.12. The Balaban J connectivity index is 1.40. The number of benzene rings is 2. The van der Waals surface area contributed by atoms with Crippen molar-refractivity contribution in [1.29, 1.82) is 0 Å². The van der Waals surface area contributed by atoms with Crippen molar-refractivity contribution in [2.75, 3.05) is 51.2 Å². The van der Waals surface area contributed by atoms with Crippen LogP contribution in [0.3, 0.4) is 0 Å². The molecule has 0 bridgehead atoms. The van der Waals surface area contributed by atoms with Gasteiger partial charge in [-0.25, -0.2) is 0 Å². The fraction of sp³-hybridized carbons (Fsp3) is 0.409. The first kappa shape index (κ1) is 19.4. The molecule has 0 unspecified atom stereocenters. The lowest BCUT2D eigenvalue weighted by molar-refractivity contribution is -0.117. The molecular formula is C22H29N3O2. The largest absolute Gasteiger partial charge is 0.492 e. The Morgan fingerprint density at radius 2 is 1.63 bits per heavy atom. The van der Waals surface area contributed by atoms with Gasteiger partial charge in [-0.3, -0.25) is 9.69 Å². The first-order valence-electron chi connectivity index (χ1n) is 9.75. The average Bonchev–Trinajstić information content (AvgIpc) is 2.70. The minimum absolute atomic E-state index is 0.0138. The zero-order chi connectivity index (χ0) is 18.9. The molecule has 27 heavy (non-hydrogen) atoms. The molecule has 0 aliphatic carbocycles. The Labute approximate surface area is 161 Å². The van der Waals surface area contributed by atoms with Crippen molar-refractivity contribution in [3.63, 3.8) is 0 Å². The molecule has 2 aromatic carbocycles. The Morgan fingerprint density at radius 1 is 0.963 bits per heavy atom. The van der Waals surface area contributed by atoms with E-state index in [1.165, 1.54) is 5.56 Å². The summed E-state index contributed by atoms with van der Waals surface area (Å²) in [5, 5.41) is 2.98. The molecule has 1 amide bonds. The fourth-order valence-electron chi connectivity index (χ4n) is 3.35. The molecule has 1 N–H and O–H groups in total. The van der Waals surface area contributed by atoms with Gasteiger partial charge in [-0.2, -0.15) is 0 Å². The lowest BCUT2D eigenvalue weighted by Gasteiger charge is -2.34. The van der Waals surface area contributed by atoms with Crippen molar-refractivity contribution in [2.24, 2.45) is 0 Å². The molecule has 0 radical (unpaired) electrons. The van der Waals surface area contributed by atoms with E-state index in [0.717, 1.165) is 50.6 Å². The maximum Gasteiger partial charge on any atom is 0.238 e. The molecule has 1 fully saturated rings. The number of para-hydroxylation sites is 2. The van der Waals surface area contributed by atoms with E-state index in [-0.39, 0.29) is 5.91 Å². The molecule has 3 rings (SSSR count). The Morgan fingerprint density at radius 3 is 2.37 bits per heavy atom. The summed E-state index contributed by atoms with van der Waals surface area (Å²) in [5.74, 6) is 0.735. The van der Waals surface area contributed by atoms with Gasteiger partial charge in [-0.05, 0) is 31.0 Å². The Bertz CT molecular complexity index is 713. The Kier molecular flexibility index (Phi) is 7.25. The number of nitrogens with one attached hydrogen (secondary N) is 1. The average molecular weight is 367 g/mol. The molecule has 1 saturated heterocycles. The van der Waals surface area contributed by atoms with Gasteiger partial charge in [0.05, 0.1) is 18.8 Å². The van der Waals surface area contributed by atoms with Crippen molar-refractivity contribution in [3.8, 4) is 5.75 Å². The summed E-state index contributed by atoms with van der Waals surface area (Å²) in [6, 6.07) is 18.2. The quantitative estimate of drug-likeness (QED) is 0.779. The van der Waals surface area contributed by atoms with Gasteiger partial charge in [0.15, 0.2) is 0 Å². The lowest BCUT2D eigenvalue weighted by Crippen LogP contribution is -2.49. The first-order valence-corrected chi connectivity index (χ1v) is 9.75. The molecule has 1 aliphatic rings. The predicted molar refractivity (Wildman–Crippen MR) is 109 cm³/mol. The molecule has 0 atom stereocenters. The van der Waals surface area contributed by atoms with Crippen molar-refractivity contribution >= 4 is 11.6 Å². The number of hydrogen-bond acceptors (Lipinski definition) is 4. The SMILES string of the molecule is CCOc1ccccc1NC(=O)CN1CCN(CCc2ccccc2)CC1. The predicted octanol–water partition coefficient (Wildman–Crippen LogP) is 2.88. The number of carbonyl (C=O) groups is 1. The van der Waals surface area contributed by atoms with Crippen LogP contribution in [0.4, 0.5) is 5.69 Å². The van der Waals surface area contributed by atoms with Crippen LogP contribution in [0.15, 0.2) is 54.6 Å². The van der Waals surface area contributed by atoms with E-state index < -0.39 is 0 Å². The number of amides is 1. The maximum atomic E-state index is 12.4. The number of piperazine rings is 1. The van der Waals surface area contributed by atoms with Gasteiger partial charge < -0.3 is 15.0 Å². The van der Waals surface area contributed by atoms with Crippen molar-refractivity contribution in [3.05, 3.63) is 60.2 Å². The fourth-order valence-corrected chi connectivity index (χ4v) is 3.35. The topological polar surface area (TPSA) is 44.8 Å². The number of anilines is 1. The summed E-state index contributed by atoms with van der Waals surface area (Å²) in [6.07, 6.45) is 1.08. The third-order valence-corrected chi connectivity index (χ3v) is 4.85. The van der Waals surface area contributed by atoms with Crippen LogP contribution in [0.25, 0.3) is 0 Å². The molecule has 1 heterocycles. The van der Waals surface area contributed by atoms with E-state index in [2.05, 4.69) is 45.4 Å². The van der Waals surface area contributed by atoms with Crippen LogP contribution < -0.4 is 10.1 Å². The maximum absolute atomic E-state index is 12.4. The van der Waals surface area contributed by atoms with Crippen LogP contribution in [-0.2, 0) is 11.2 Å². The molecule has 0 spiro atoms. The van der Waals surface area contributed by atoms with Crippen LogP contribution in [0, 0.1) is 0 Å². The van der Waals surface area contributed by atoms with Crippen LogP contribution in [0.2, 0.25) is 0 Å². The number of rotatable bonds is 8. The van der Waals surface area contributed by atoms with E-state index in [4.69, 9.17) is 4.74 Å². The van der Waals surface area contributed by atoms with Gasteiger partial charge in [-0.1, -0.05) is 42.5 Å². The summed E-state index contributed by atoms with van der Waals surface area (Å²) >= 11 is 0. The highest BCUT2D eigenvalue weighted by atomic mass is 16.5. The Hall–Kier alpha value is -2.37. The summed E-state index contributed by atoms with van der Waals surface area (Å²) in [6.45, 7) is 7.89. The summed E-state index contributed by atoms with van der Waals surface area (Å²) in [7, 11) is 0. The second-order valence-corrected chi connectivity index (χ2v) is 6.83. The van der Waals surface area contributed by atoms with Crippen LogP contribution in [0.5, 0.6) is 5.75 Å². The molecule has 1 aliphatic heterocycles. The molecule has 144 valence electrons. The molecule has 5 heteroatoms. The smallest absolute Gasteiger partial charge is 0.238 e. The minimum Gasteiger partial charge on any atom is -0.492 e. The highest BCUT2D eigenvalue weighted by Crippen LogP contribution is 2.23. The van der Waals surface area contributed by atoms with Gasteiger partial charge in [0.25, 0.3) is 0 Å². The van der Waals surface area contributed by atoms with Gasteiger partial charge >= 0.3 is 0 Å². The van der Waals surface area contributed by atoms with E-state index in [1.54, 1.807) is 0 Å². The third kappa shape index (κ3) is 6.08. The first-order chi connectivity index (χ1) is 13.2. The molecule has 0 aromatic heterocycles. The van der Waals surface area contributed by atoms with E-state index in [1.807, 2.05) is 31.2 Å². The van der Waals surface area contributed by atoms with Crippen LogP contribution in [0.1, 0.15) is 12.5 Å².